The van der Waals surface area contributed by atoms with E-state index in [1.165, 1.54) is 0 Å². The summed E-state index contributed by atoms with van der Waals surface area (Å²) in [6, 6.07) is 2.33. The van der Waals surface area contributed by atoms with Crippen molar-refractivity contribution in [2.75, 3.05) is 0 Å². The van der Waals surface area contributed by atoms with Gasteiger partial charge in [0.1, 0.15) is 11.5 Å². The Morgan fingerprint density at radius 1 is 1.67 bits per heavy atom. The fourth-order valence-electron chi connectivity index (χ4n) is 3.37. The summed E-state index contributed by atoms with van der Waals surface area (Å²) < 4.78 is 7.43. The van der Waals surface area contributed by atoms with Crippen LogP contribution in [-0.2, 0) is 11.8 Å². The topological polar surface area (TPSA) is 71.1 Å². The van der Waals surface area contributed by atoms with Gasteiger partial charge in [-0.25, -0.2) is 0 Å². The monoisotopic (exact) mass is 247 g/mol. The Labute approximate surface area is 106 Å². The van der Waals surface area contributed by atoms with Crippen LogP contribution in [0.15, 0.2) is 6.20 Å². The standard InChI is InChI=1S/C13H17N3O2/c1-8-10(6-16(2)15-8)12(17)13(7-14)5-9-3-4-11(13)18-9/h6,9,11-12,17H,3-5H2,1-2H3. The molecule has 4 atom stereocenters. The average Bonchev–Trinajstić information content (AvgIpc) is 3.02. The van der Waals surface area contributed by atoms with Crippen LogP contribution in [0.2, 0.25) is 0 Å². The summed E-state index contributed by atoms with van der Waals surface area (Å²) in [5, 5.41) is 24.4. The zero-order chi connectivity index (χ0) is 12.9. The van der Waals surface area contributed by atoms with Crippen LogP contribution in [0.25, 0.3) is 0 Å². The molecule has 2 aliphatic rings. The first-order chi connectivity index (χ1) is 8.56. The summed E-state index contributed by atoms with van der Waals surface area (Å²) in [6.07, 6.45) is 3.49. The summed E-state index contributed by atoms with van der Waals surface area (Å²) in [5.74, 6) is 0. The number of rotatable bonds is 2. The second kappa shape index (κ2) is 3.81. The van der Waals surface area contributed by atoms with Gasteiger partial charge < -0.3 is 9.84 Å². The van der Waals surface area contributed by atoms with Crippen molar-refractivity contribution < 1.29 is 9.84 Å². The van der Waals surface area contributed by atoms with Gasteiger partial charge in [-0.1, -0.05) is 0 Å². The van der Waals surface area contributed by atoms with Crippen molar-refractivity contribution in [3.8, 4) is 6.07 Å². The van der Waals surface area contributed by atoms with Gasteiger partial charge in [0.2, 0.25) is 0 Å². The van der Waals surface area contributed by atoms with Crippen molar-refractivity contribution in [2.45, 2.75) is 44.5 Å². The molecule has 0 spiro atoms. The molecule has 4 unspecified atom stereocenters. The van der Waals surface area contributed by atoms with Crippen LogP contribution in [0.5, 0.6) is 0 Å². The lowest BCUT2D eigenvalue weighted by molar-refractivity contribution is 0.00309. The predicted molar refractivity (Wildman–Crippen MR) is 63.5 cm³/mol. The molecule has 0 radical (unpaired) electrons. The number of fused-ring (bicyclic) bond motifs is 2. The summed E-state index contributed by atoms with van der Waals surface area (Å²) in [5.41, 5.74) is 0.731. The van der Waals surface area contributed by atoms with E-state index in [0.29, 0.717) is 6.42 Å². The minimum atomic E-state index is -0.813. The van der Waals surface area contributed by atoms with Crippen LogP contribution in [0.1, 0.15) is 36.6 Å². The molecule has 1 aromatic heterocycles. The number of nitrogens with zero attached hydrogens (tertiary/aromatic N) is 3. The number of hydrogen-bond donors (Lipinski definition) is 1. The zero-order valence-electron chi connectivity index (χ0n) is 10.6. The van der Waals surface area contributed by atoms with E-state index in [-0.39, 0.29) is 12.2 Å². The first kappa shape index (κ1) is 11.7. The Morgan fingerprint density at radius 3 is 2.89 bits per heavy atom. The molecule has 5 nitrogen and oxygen atoms in total. The first-order valence-electron chi connectivity index (χ1n) is 6.32. The van der Waals surface area contributed by atoms with Gasteiger partial charge in [-0.2, -0.15) is 10.4 Å². The van der Waals surface area contributed by atoms with Crippen LogP contribution < -0.4 is 0 Å². The molecular weight excluding hydrogens is 230 g/mol. The van der Waals surface area contributed by atoms with E-state index >= 15 is 0 Å². The molecular formula is C13H17N3O2. The van der Waals surface area contributed by atoms with Gasteiger partial charge in [-0.05, 0) is 26.2 Å². The molecule has 2 saturated heterocycles. The Bertz CT molecular complexity index is 519. The predicted octanol–water partition coefficient (Wildman–Crippen LogP) is 1.22. The van der Waals surface area contributed by atoms with E-state index in [2.05, 4.69) is 11.2 Å². The maximum absolute atomic E-state index is 10.6. The third-order valence-corrected chi connectivity index (χ3v) is 4.29. The van der Waals surface area contributed by atoms with Gasteiger partial charge in [0.15, 0.2) is 0 Å². The fourth-order valence-corrected chi connectivity index (χ4v) is 3.37. The Kier molecular flexibility index (Phi) is 2.47. The van der Waals surface area contributed by atoms with E-state index in [4.69, 9.17) is 4.74 Å². The SMILES string of the molecule is Cc1nn(C)cc1C(O)C1(C#N)CC2CCC1O2. The van der Waals surface area contributed by atoms with Gasteiger partial charge in [-0.3, -0.25) is 4.68 Å². The summed E-state index contributed by atoms with van der Waals surface area (Å²) >= 11 is 0. The van der Waals surface area contributed by atoms with Gasteiger partial charge >= 0.3 is 0 Å². The van der Waals surface area contributed by atoms with Crippen molar-refractivity contribution >= 4 is 0 Å². The first-order valence-corrected chi connectivity index (χ1v) is 6.32. The van der Waals surface area contributed by atoms with Crippen molar-refractivity contribution in [1.29, 1.82) is 5.26 Å². The normalized spacial score (nSPS) is 35.7. The lowest BCUT2D eigenvalue weighted by Crippen LogP contribution is -2.37. The molecule has 0 amide bonds. The second-order valence-electron chi connectivity index (χ2n) is 5.43. The quantitative estimate of drug-likeness (QED) is 0.853. The molecule has 2 aliphatic heterocycles. The molecule has 0 saturated carbocycles. The van der Waals surface area contributed by atoms with Crippen LogP contribution in [0.4, 0.5) is 0 Å². The number of aliphatic hydroxyl groups is 1. The Morgan fingerprint density at radius 2 is 2.44 bits per heavy atom. The van der Waals surface area contributed by atoms with Crippen LogP contribution in [-0.4, -0.2) is 27.1 Å². The highest BCUT2D eigenvalue weighted by molar-refractivity contribution is 5.27. The van der Waals surface area contributed by atoms with E-state index in [1.807, 2.05) is 14.0 Å². The Balaban J connectivity index is 1.98. The number of aliphatic hydroxyl groups excluding tert-OH is 1. The van der Waals surface area contributed by atoms with Crippen molar-refractivity contribution in [3.05, 3.63) is 17.5 Å². The highest BCUT2D eigenvalue weighted by Crippen LogP contribution is 2.54. The van der Waals surface area contributed by atoms with Crippen LogP contribution in [0.3, 0.4) is 0 Å². The van der Waals surface area contributed by atoms with E-state index in [9.17, 15) is 10.4 Å². The zero-order valence-corrected chi connectivity index (χ0v) is 10.6. The highest BCUT2D eigenvalue weighted by Gasteiger charge is 2.57. The van der Waals surface area contributed by atoms with E-state index < -0.39 is 11.5 Å². The lowest BCUT2D eigenvalue weighted by Gasteiger charge is -2.32. The molecule has 1 aromatic rings. The van der Waals surface area contributed by atoms with Crippen molar-refractivity contribution in [1.82, 2.24) is 9.78 Å². The van der Waals surface area contributed by atoms with Gasteiger partial charge in [-0.15, -0.1) is 0 Å². The maximum Gasteiger partial charge on any atom is 0.116 e. The molecule has 3 rings (SSSR count). The minimum absolute atomic E-state index is 0.137. The molecule has 1 N–H and O–H groups in total. The maximum atomic E-state index is 10.6. The fraction of sp³-hybridized carbons (Fsp3) is 0.692. The second-order valence-corrected chi connectivity index (χ2v) is 5.43. The Hall–Kier alpha value is -1.38. The number of hydrogen-bond acceptors (Lipinski definition) is 4. The van der Waals surface area contributed by atoms with Gasteiger partial charge in [0.05, 0.1) is 24.0 Å². The number of aryl methyl sites for hydroxylation is 2. The smallest absolute Gasteiger partial charge is 0.116 e. The largest absolute Gasteiger partial charge is 0.387 e. The minimum Gasteiger partial charge on any atom is -0.387 e. The van der Waals surface area contributed by atoms with Crippen LogP contribution in [0, 0.1) is 23.7 Å². The lowest BCUT2D eigenvalue weighted by atomic mass is 9.69. The molecule has 2 fully saturated rings. The molecule has 18 heavy (non-hydrogen) atoms. The van der Waals surface area contributed by atoms with Crippen molar-refractivity contribution in [3.63, 3.8) is 0 Å². The molecule has 0 aromatic carbocycles. The molecule has 5 heteroatoms. The van der Waals surface area contributed by atoms with Gasteiger partial charge in [0.25, 0.3) is 0 Å². The molecule has 3 heterocycles. The van der Waals surface area contributed by atoms with Crippen LogP contribution >= 0.6 is 0 Å². The molecule has 0 aliphatic carbocycles. The van der Waals surface area contributed by atoms with Crippen molar-refractivity contribution in [2.24, 2.45) is 12.5 Å². The summed E-state index contributed by atoms with van der Waals surface area (Å²) in [4.78, 5) is 0. The number of nitriles is 1. The van der Waals surface area contributed by atoms with Gasteiger partial charge in [0, 0.05) is 18.8 Å². The molecule has 2 bridgehead atoms. The van der Waals surface area contributed by atoms with E-state index in [0.717, 1.165) is 24.1 Å². The number of ether oxygens (including phenoxy) is 1. The molecule has 96 valence electrons. The highest BCUT2D eigenvalue weighted by atomic mass is 16.5. The third kappa shape index (κ3) is 1.43. The average molecular weight is 247 g/mol. The van der Waals surface area contributed by atoms with E-state index in [1.54, 1.807) is 10.9 Å². The number of aromatic nitrogens is 2. The summed E-state index contributed by atoms with van der Waals surface area (Å²) in [6.45, 7) is 1.86. The third-order valence-electron chi connectivity index (χ3n) is 4.29. The summed E-state index contributed by atoms with van der Waals surface area (Å²) in [7, 11) is 1.82.